The first-order chi connectivity index (χ1) is 20.2. The summed E-state index contributed by atoms with van der Waals surface area (Å²) in [7, 11) is -2.62. The highest BCUT2D eigenvalue weighted by Crippen LogP contribution is 2.39. The van der Waals surface area contributed by atoms with E-state index in [1.165, 1.54) is 18.2 Å². The number of hydrogen-bond acceptors (Lipinski definition) is 6. The molecule has 2 heterocycles. The fraction of sp³-hybridized carbons (Fsp3) is 0.207. The van der Waals surface area contributed by atoms with Gasteiger partial charge in [0, 0.05) is 25.0 Å². The zero-order chi connectivity index (χ0) is 31.3. The fourth-order valence-electron chi connectivity index (χ4n) is 4.61. The average Bonchev–Trinajstić information content (AvgIpc) is 3.46. The minimum Gasteiger partial charge on any atom is -0.529 e. The van der Waals surface area contributed by atoms with Crippen LogP contribution in [0.3, 0.4) is 0 Å². The number of hydrogen-bond donors (Lipinski definition) is 0. The first kappa shape index (κ1) is 30.1. The lowest BCUT2D eigenvalue weighted by Gasteiger charge is -2.24. The lowest BCUT2D eigenvalue weighted by molar-refractivity contribution is -0.259. The predicted molar refractivity (Wildman–Crippen MR) is 152 cm³/mol. The van der Waals surface area contributed by atoms with E-state index in [4.69, 9.17) is 11.6 Å². The number of halogens is 4. The maximum atomic E-state index is 13.6. The van der Waals surface area contributed by atoms with Crippen molar-refractivity contribution in [2.75, 3.05) is 6.54 Å². The second-order valence-electron chi connectivity index (χ2n) is 9.96. The van der Waals surface area contributed by atoms with E-state index in [-0.39, 0.29) is 33.5 Å². The van der Waals surface area contributed by atoms with Crippen LogP contribution in [0.4, 0.5) is 18.0 Å². The maximum absolute atomic E-state index is 13.6. The van der Waals surface area contributed by atoms with Crippen molar-refractivity contribution in [1.29, 1.82) is 0 Å². The van der Waals surface area contributed by atoms with Crippen molar-refractivity contribution in [3.63, 3.8) is 0 Å². The zero-order valence-corrected chi connectivity index (χ0v) is 24.6. The smallest absolute Gasteiger partial charge is 0.417 e. The van der Waals surface area contributed by atoms with E-state index >= 15 is 0 Å². The van der Waals surface area contributed by atoms with Crippen molar-refractivity contribution >= 4 is 38.8 Å². The third-order valence-electron chi connectivity index (χ3n) is 7.00. The topological polar surface area (TPSA) is 113 Å². The summed E-state index contributed by atoms with van der Waals surface area (Å²) in [6.45, 7) is 3.21. The normalized spacial score (nSPS) is 12.2. The number of carbonyl (C=O) groups excluding carboxylic acids is 1. The van der Waals surface area contributed by atoms with Crippen LogP contribution in [0.1, 0.15) is 22.4 Å². The molecule has 224 valence electrons. The molecule has 0 spiro atoms. The second-order valence-corrected chi connectivity index (χ2v) is 12.2. The maximum Gasteiger partial charge on any atom is 0.417 e. The minimum atomic E-state index is -4.68. The summed E-state index contributed by atoms with van der Waals surface area (Å²) in [5, 5.41) is 15.7. The molecule has 0 saturated heterocycles. The number of rotatable bonds is 7. The van der Waals surface area contributed by atoms with Gasteiger partial charge >= 0.3 is 6.18 Å². The van der Waals surface area contributed by atoms with Crippen LogP contribution in [0.2, 0.25) is 5.02 Å². The van der Waals surface area contributed by atoms with E-state index in [0.29, 0.717) is 22.5 Å². The Labute approximate surface area is 249 Å². The van der Waals surface area contributed by atoms with Gasteiger partial charge < -0.3 is 9.90 Å². The third kappa shape index (κ3) is 5.82. The van der Waals surface area contributed by atoms with Crippen LogP contribution < -0.4 is 5.11 Å². The van der Waals surface area contributed by atoms with Crippen molar-refractivity contribution in [3.05, 3.63) is 94.1 Å². The van der Waals surface area contributed by atoms with E-state index in [1.54, 1.807) is 65.7 Å². The quantitative estimate of drug-likeness (QED) is 0.241. The van der Waals surface area contributed by atoms with Gasteiger partial charge in [0.05, 0.1) is 26.5 Å². The van der Waals surface area contributed by atoms with Crippen LogP contribution in [0.15, 0.2) is 71.6 Å². The number of nitrogens with zero attached hydrogens (tertiary/aromatic N) is 5. The number of sulfonamides is 1. The molecule has 5 aromatic rings. The Morgan fingerprint density at radius 3 is 2.23 bits per heavy atom. The summed E-state index contributed by atoms with van der Waals surface area (Å²) in [5.41, 5.74) is 2.53. The average molecular weight is 631 g/mol. The van der Waals surface area contributed by atoms with Crippen LogP contribution in [0, 0.1) is 13.8 Å². The molecule has 0 saturated carbocycles. The molecule has 5 rings (SSSR count). The van der Waals surface area contributed by atoms with Gasteiger partial charge in [0.1, 0.15) is 5.69 Å². The number of benzene rings is 3. The first-order valence-corrected chi connectivity index (χ1v) is 14.7. The number of amides is 1. The molecule has 0 unspecified atom stereocenters. The molecule has 9 nitrogen and oxygen atoms in total. The molecule has 0 aliphatic rings. The van der Waals surface area contributed by atoms with Crippen LogP contribution in [0.25, 0.3) is 28.2 Å². The summed E-state index contributed by atoms with van der Waals surface area (Å²) in [5.74, 6) is 0.286. The van der Waals surface area contributed by atoms with Crippen LogP contribution in [0.5, 0.6) is 0 Å². The SMILES string of the molecule is Cc1ccc(S(=O)(=O)N(CCc2ccc(-n3c(-c4cc(C)n(C)n4)nc4cc(C(F)(F)F)c(Cl)cc43)cc2)C(=O)[O-])cc1. The molecule has 0 N–H and O–H groups in total. The number of alkyl halides is 3. The lowest BCUT2D eigenvalue weighted by Crippen LogP contribution is -2.45. The Morgan fingerprint density at radius 2 is 1.67 bits per heavy atom. The van der Waals surface area contributed by atoms with Gasteiger partial charge in [-0.3, -0.25) is 13.6 Å². The highest BCUT2D eigenvalue weighted by molar-refractivity contribution is 7.89. The molecular formula is C29H24ClF3N5O4S-. The van der Waals surface area contributed by atoms with E-state index in [1.807, 2.05) is 6.92 Å². The Morgan fingerprint density at radius 1 is 1.02 bits per heavy atom. The molecule has 2 aromatic heterocycles. The van der Waals surface area contributed by atoms with E-state index in [0.717, 1.165) is 17.3 Å². The Hall–Kier alpha value is -4.36. The van der Waals surface area contributed by atoms with Crippen LogP contribution in [-0.4, -0.2) is 44.7 Å². The van der Waals surface area contributed by atoms with Gasteiger partial charge in [-0.25, -0.2) is 13.4 Å². The van der Waals surface area contributed by atoms with Crippen molar-refractivity contribution < 1.29 is 31.5 Å². The number of imidazole rings is 1. The van der Waals surface area contributed by atoms with Gasteiger partial charge in [-0.05, 0) is 68.3 Å². The molecular weight excluding hydrogens is 607 g/mol. The molecule has 3 aromatic carbocycles. The van der Waals surface area contributed by atoms with Crippen molar-refractivity contribution in [3.8, 4) is 17.2 Å². The standard InChI is InChI=1S/C29H25ClF3N5O4S/c1-17-4-10-21(11-5-17)43(41,42)37(28(39)40)13-12-19-6-8-20(9-7-19)38-26-16-23(30)22(29(31,32)33)15-24(26)34-27(38)25-14-18(2)36(3)35-25/h4-11,14-16H,12-13H2,1-3H3,(H,39,40)/p-1. The number of aromatic nitrogens is 4. The Balaban J connectivity index is 1.50. The Bertz CT molecular complexity index is 1930. The number of fused-ring (bicyclic) bond motifs is 1. The van der Waals surface area contributed by atoms with Gasteiger partial charge in [0.2, 0.25) is 0 Å². The van der Waals surface area contributed by atoms with Crippen molar-refractivity contribution in [1.82, 2.24) is 23.6 Å². The van der Waals surface area contributed by atoms with E-state index in [9.17, 15) is 31.5 Å². The highest BCUT2D eigenvalue weighted by atomic mass is 35.5. The first-order valence-electron chi connectivity index (χ1n) is 12.9. The Kier molecular flexibility index (Phi) is 7.73. The minimum absolute atomic E-state index is 0.0388. The summed E-state index contributed by atoms with van der Waals surface area (Å²) in [6.07, 6.45) is -6.49. The summed E-state index contributed by atoms with van der Waals surface area (Å²) in [6, 6.07) is 16.3. The number of aryl methyl sites for hydroxylation is 3. The number of carboxylic acid groups (broad SMARTS) is 1. The zero-order valence-electron chi connectivity index (χ0n) is 23.1. The van der Waals surface area contributed by atoms with Crippen molar-refractivity contribution in [2.24, 2.45) is 7.05 Å². The molecule has 0 radical (unpaired) electrons. The van der Waals surface area contributed by atoms with Gasteiger partial charge in [0.25, 0.3) is 10.0 Å². The summed E-state index contributed by atoms with van der Waals surface area (Å²) >= 11 is 6.05. The van der Waals surface area contributed by atoms with Gasteiger partial charge in [-0.15, -0.1) is 0 Å². The highest BCUT2D eigenvalue weighted by Gasteiger charge is 2.34. The molecule has 14 heteroatoms. The van der Waals surface area contributed by atoms with Crippen molar-refractivity contribution in [2.45, 2.75) is 31.3 Å². The third-order valence-corrected chi connectivity index (χ3v) is 9.09. The number of carbonyl (C=O) groups is 1. The molecule has 0 atom stereocenters. The van der Waals surface area contributed by atoms with Gasteiger partial charge in [-0.2, -0.15) is 18.3 Å². The van der Waals surface area contributed by atoms with E-state index < -0.39 is 32.9 Å². The lowest BCUT2D eigenvalue weighted by atomic mass is 10.1. The largest absolute Gasteiger partial charge is 0.529 e. The summed E-state index contributed by atoms with van der Waals surface area (Å²) in [4.78, 5) is 16.1. The molecule has 0 aliphatic carbocycles. The fourth-order valence-corrected chi connectivity index (χ4v) is 6.14. The molecule has 1 amide bonds. The van der Waals surface area contributed by atoms with Gasteiger partial charge in [-0.1, -0.05) is 41.4 Å². The van der Waals surface area contributed by atoms with Crippen LogP contribution >= 0.6 is 11.6 Å². The molecule has 0 bridgehead atoms. The van der Waals surface area contributed by atoms with Crippen LogP contribution in [-0.2, 0) is 29.7 Å². The monoisotopic (exact) mass is 630 g/mol. The van der Waals surface area contributed by atoms with Gasteiger partial charge in [0.15, 0.2) is 11.9 Å². The summed E-state index contributed by atoms with van der Waals surface area (Å²) < 4.78 is 70.2. The van der Waals surface area contributed by atoms with E-state index in [2.05, 4.69) is 10.1 Å². The second kappa shape index (κ2) is 11.0. The molecule has 0 aliphatic heterocycles. The predicted octanol–water partition coefficient (Wildman–Crippen LogP) is 5.29. The molecule has 0 fully saturated rings. The molecule has 43 heavy (non-hydrogen) atoms.